The fourth-order valence-electron chi connectivity index (χ4n) is 2.59. The van der Waals surface area contributed by atoms with Crippen LogP contribution in [0.25, 0.3) is 0 Å². The van der Waals surface area contributed by atoms with Crippen molar-refractivity contribution in [3.05, 3.63) is 59.9 Å². The third-order valence-electron chi connectivity index (χ3n) is 3.78. The smallest absolute Gasteiger partial charge is 0.237 e. The molecule has 0 spiro atoms. The zero-order valence-electron chi connectivity index (χ0n) is 14.2. The Hall–Kier alpha value is -3.22. The van der Waals surface area contributed by atoms with Gasteiger partial charge in [0.2, 0.25) is 11.8 Å². The summed E-state index contributed by atoms with van der Waals surface area (Å²) in [6, 6.07) is 7.10. The Morgan fingerprint density at radius 3 is 2.80 bits per heavy atom. The second kappa shape index (κ2) is 7.12. The van der Waals surface area contributed by atoms with Gasteiger partial charge in [0.1, 0.15) is 11.5 Å². The minimum absolute atomic E-state index is 0.147. The van der Waals surface area contributed by atoms with E-state index in [4.69, 9.17) is 9.26 Å². The molecule has 128 valence electrons. The van der Waals surface area contributed by atoms with Crippen LogP contribution in [-0.4, -0.2) is 21.0 Å². The number of ether oxygens (including phenoxy) is 1. The standard InChI is InChI=1S/C18H18N4O3/c1-11(17-12(2)22-25-13(17)3)18(23)21-14-5-4-6-15(9-14)24-16-10-19-7-8-20-16/h4-11H,1-3H3,(H,21,23). The van der Waals surface area contributed by atoms with Crippen molar-refractivity contribution in [3.63, 3.8) is 0 Å². The van der Waals surface area contributed by atoms with Gasteiger partial charge in [-0.3, -0.25) is 9.78 Å². The molecule has 7 heteroatoms. The lowest BCUT2D eigenvalue weighted by atomic mass is 9.98. The van der Waals surface area contributed by atoms with Crippen molar-refractivity contribution >= 4 is 11.6 Å². The number of benzene rings is 1. The summed E-state index contributed by atoms with van der Waals surface area (Å²) in [5.41, 5.74) is 2.16. The van der Waals surface area contributed by atoms with E-state index < -0.39 is 0 Å². The van der Waals surface area contributed by atoms with Gasteiger partial charge < -0.3 is 14.6 Å². The predicted molar refractivity (Wildman–Crippen MR) is 91.6 cm³/mol. The van der Waals surface area contributed by atoms with Crippen molar-refractivity contribution in [3.8, 4) is 11.6 Å². The molecule has 0 aliphatic carbocycles. The number of carbonyl (C=O) groups is 1. The summed E-state index contributed by atoms with van der Waals surface area (Å²) in [6.07, 6.45) is 4.64. The van der Waals surface area contributed by atoms with Crippen molar-refractivity contribution in [1.82, 2.24) is 15.1 Å². The molecule has 1 aromatic carbocycles. The molecule has 1 N–H and O–H groups in total. The number of hydrogen-bond donors (Lipinski definition) is 1. The van der Waals surface area contributed by atoms with Crippen molar-refractivity contribution in [2.24, 2.45) is 0 Å². The highest BCUT2D eigenvalue weighted by Gasteiger charge is 2.23. The number of carbonyl (C=O) groups excluding carboxylic acids is 1. The largest absolute Gasteiger partial charge is 0.437 e. The number of nitrogens with one attached hydrogen (secondary N) is 1. The lowest BCUT2D eigenvalue weighted by Crippen LogP contribution is -2.19. The van der Waals surface area contributed by atoms with E-state index in [-0.39, 0.29) is 11.8 Å². The van der Waals surface area contributed by atoms with E-state index in [1.54, 1.807) is 43.6 Å². The van der Waals surface area contributed by atoms with E-state index in [2.05, 4.69) is 20.4 Å². The van der Waals surface area contributed by atoms with Crippen LogP contribution in [0.5, 0.6) is 11.6 Å². The zero-order valence-corrected chi connectivity index (χ0v) is 14.2. The van der Waals surface area contributed by atoms with Gasteiger partial charge in [-0.1, -0.05) is 11.2 Å². The fourth-order valence-corrected chi connectivity index (χ4v) is 2.59. The van der Waals surface area contributed by atoms with E-state index in [1.165, 1.54) is 6.20 Å². The molecule has 25 heavy (non-hydrogen) atoms. The number of aryl methyl sites for hydroxylation is 2. The highest BCUT2D eigenvalue weighted by molar-refractivity contribution is 5.96. The highest BCUT2D eigenvalue weighted by atomic mass is 16.5. The first-order chi connectivity index (χ1) is 12.0. The van der Waals surface area contributed by atoms with E-state index in [0.29, 0.717) is 23.1 Å². The Bertz CT molecular complexity index is 858. The lowest BCUT2D eigenvalue weighted by molar-refractivity contribution is -0.117. The Balaban J connectivity index is 1.72. The molecule has 1 unspecified atom stereocenters. The molecule has 0 aliphatic rings. The molecule has 1 amide bonds. The van der Waals surface area contributed by atoms with Gasteiger partial charge in [-0.05, 0) is 32.9 Å². The van der Waals surface area contributed by atoms with Gasteiger partial charge in [0, 0.05) is 29.7 Å². The normalized spacial score (nSPS) is 11.8. The number of hydrogen-bond acceptors (Lipinski definition) is 6. The summed E-state index contributed by atoms with van der Waals surface area (Å²) in [4.78, 5) is 20.5. The summed E-state index contributed by atoms with van der Waals surface area (Å²) in [6.45, 7) is 5.45. The summed E-state index contributed by atoms with van der Waals surface area (Å²) < 4.78 is 10.8. The molecule has 2 heterocycles. The molecule has 0 radical (unpaired) electrons. The second-order valence-corrected chi connectivity index (χ2v) is 5.62. The summed E-state index contributed by atoms with van der Waals surface area (Å²) in [5, 5.41) is 6.79. The maximum Gasteiger partial charge on any atom is 0.237 e. The van der Waals surface area contributed by atoms with Crippen LogP contribution in [0.3, 0.4) is 0 Å². The molecule has 3 aromatic rings. The van der Waals surface area contributed by atoms with Gasteiger partial charge in [0.25, 0.3) is 0 Å². The van der Waals surface area contributed by atoms with Crippen LogP contribution in [0.1, 0.15) is 29.9 Å². The van der Waals surface area contributed by atoms with Crippen LogP contribution >= 0.6 is 0 Å². The molecule has 2 aromatic heterocycles. The molecular weight excluding hydrogens is 320 g/mol. The number of anilines is 1. The van der Waals surface area contributed by atoms with Crippen LogP contribution in [-0.2, 0) is 4.79 Å². The maximum atomic E-state index is 12.5. The molecule has 0 bridgehead atoms. The van der Waals surface area contributed by atoms with Crippen molar-refractivity contribution in [2.75, 3.05) is 5.32 Å². The van der Waals surface area contributed by atoms with E-state index in [9.17, 15) is 4.79 Å². The van der Waals surface area contributed by atoms with Crippen molar-refractivity contribution in [2.45, 2.75) is 26.7 Å². The molecule has 0 fully saturated rings. The minimum atomic E-state index is -0.379. The predicted octanol–water partition coefficient (Wildman–Crippen LogP) is 3.62. The van der Waals surface area contributed by atoms with Crippen LogP contribution < -0.4 is 10.1 Å². The molecule has 0 aliphatic heterocycles. The van der Waals surface area contributed by atoms with Crippen LogP contribution in [0.15, 0.2) is 47.4 Å². The van der Waals surface area contributed by atoms with E-state index >= 15 is 0 Å². The first-order valence-corrected chi connectivity index (χ1v) is 7.82. The summed E-state index contributed by atoms with van der Waals surface area (Å²) in [5.74, 6) is 1.07. The third-order valence-corrected chi connectivity index (χ3v) is 3.78. The highest BCUT2D eigenvalue weighted by Crippen LogP contribution is 2.26. The lowest BCUT2D eigenvalue weighted by Gasteiger charge is -2.13. The molecular formula is C18H18N4O3. The minimum Gasteiger partial charge on any atom is -0.437 e. The summed E-state index contributed by atoms with van der Waals surface area (Å²) in [7, 11) is 0. The first-order valence-electron chi connectivity index (χ1n) is 7.82. The molecule has 7 nitrogen and oxygen atoms in total. The Morgan fingerprint density at radius 1 is 1.28 bits per heavy atom. The molecule has 1 atom stereocenters. The number of nitrogens with zero attached hydrogens (tertiary/aromatic N) is 3. The Labute approximate surface area is 145 Å². The van der Waals surface area contributed by atoms with Gasteiger partial charge in [0.15, 0.2) is 0 Å². The topological polar surface area (TPSA) is 90.1 Å². The van der Waals surface area contributed by atoms with E-state index in [1.807, 2.05) is 13.8 Å². The number of aromatic nitrogens is 3. The van der Waals surface area contributed by atoms with Gasteiger partial charge in [0.05, 0.1) is 17.8 Å². The third kappa shape index (κ3) is 3.82. The average molecular weight is 338 g/mol. The van der Waals surface area contributed by atoms with Gasteiger partial charge in [-0.15, -0.1) is 0 Å². The molecule has 0 saturated heterocycles. The van der Waals surface area contributed by atoms with E-state index in [0.717, 1.165) is 11.3 Å². The Morgan fingerprint density at radius 2 is 2.12 bits per heavy atom. The van der Waals surface area contributed by atoms with Crippen LogP contribution in [0.2, 0.25) is 0 Å². The Kier molecular flexibility index (Phi) is 4.74. The zero-order chi connectivity index (χ0) is 17.8. The average Bonchev–Trinajstić information content (AvgIpc) is 2.94. The quantitative estimate of drug-likeness (QED) is 0.764. The molecule has 3 rings (SSSR count). The van der Waals surface area contributed by atoms with Crippen LogP contribution in [0, 0.1) is 13.8 Å². The van der Waals surface area contributed by atoms with Gasteiger partial charge in [-0.25, -0.2) is 4.98 Å². The number of rotatable bonds is 5. The van der Waals surface area contributed by atoms with Gasteiger partial charge in [-0.2, -0.15) is 0 Å². The van der Waals surface area contributed by atoms with Gasteiger partial charge >= 0.3 is 0 Å². The molecule has 0 saturated carbocycles. The van der Waals surface area contributed by atoms with Crippen molar-refractivity contribution < 1.29 is 14.1 Å². The SMILES string of the molecule is Cc1noc(C)c1C(C)C(=O)Nc1cccc(Oc2cnccn2)c1. The maximum absolute atomic E-state index is 12.5. The van der Waals surface area contributed by atoms with Crippen molar-refractivity contribution in [1.29, 1.82) is 0 Å². The monoisotopic (exact) mass is 338 g/mol. The fraction of sp³-hybridized carbons (Fsp3) is 0.222. The number of amides is 1. The second-order valence-electron chi connectivity index (χ2n) is 5.62. The first kappa shape index (κ1) is 16.6. The summed E-state index contributed by atoms with van der Waals surface area (Å²) >= 11 is 0. The van der Waals surface area contributed by atoms with Crippen LogP contribution in [0.4, 0.5) is 5.69 Å².